The minimum Gasteiger partial charge on any atom is -0.481 e. The van der Waals surface area contributed by atoms with Gasteiger partial charge in [-0.1, -0.05) is 0 Å². The van der Waals surface area contributed by atoms with Crippen LogP contribution in [0.5, 0.6) is 0 Å². The lowest BCUT2D eigenvalue weighted by atomic mass is 10.0. The van der Waals surface area contributed by atoms with Gasteiger partial charge in [0.1, 0.15) is 0 Å². The van der Waals surface area contributed by atoms with Gasteiger partial charge in [-0.25, -0.2) is 0 Å². The van der Waals surface area contributed by atoms with Gasteiger partial charge in [-0.2, -0.15) is 0 Å². The van der Waals surface area contributed by atoms with E-state index in [1.165, 1.54) is 6.92 Å². The summed E-state index contributed by atoms with van der Waals surface area (Å²) in [6.45, 7) is 6.91. The quantitative estimate of drug-likeness (QED) is 0.724. The van der Waals surface area contributed by atoms with Gasteiger partial charge in [-0.3, -0.25) is 14.4 Å². The van der Waals surface area contributed by atoms with Crippen molar-refractivity contribution in [1.29, 1.82) is 0 Å². The van der Waals surface area contributed by atoms with Gasteiger partial charge in [0.15, 0.2) is 5.78 Å². The average Bonchev–Trinajstić information content (AvgIpc) is 2.85. The number of nitrogens with one attached hydrogen (secondary N) is 2. The number of hydrogen-bond acceptors (Lipinski definition) is 3. The smallest absolute Gasteiger partial charge is 0.303 e. The Hall–Kier alpha value is -2.63. The van der Waals surface area contributed by atoms with Crippen LogP contribution in [0.1, 0.15) is 42.8 Å². The summed E-state index contributed by atoms with van der Waals surface area (Å²) in [5, 5.41) is 11.5. The van der Waals surface area contributed by atoms with Crippen molar-refractivity contribution in [2.75, 3.05) is 0 Å². The molecule has 1 aromatic heterocycles. The summed E-state index contributed by atoms with van der Waals surface area (Å²) in [6, 6.07) is 0. The molecule has 0 saturated heterocycles. The van der Waals surface area contributed by atoms with Crippen molar-refractivity contribution in [2.45, 2.75) is 40.5 Å². The molecule has 122 valence electrons. The molecule has 6 nitrogen and oxygen atoms in total. The van der Waals surface area contributed by atoms with E-state index in [4.69, 9.17) is 5.11 Å². The maximum absolute atomic E-state index is 11.9. The summed E-state index contributed by atoms with van der Waals surface area (Å²) in [5.74, 6) is -1.48. The molecule has 1 aliphatic heterocycles. The highest BCUT2D eigenvalue weighted by molar-refractivity contribution is 6.22. The number of ketones is 1. The first kappa shape index (κ1) is 16.7. The van der Waals surface area contributed by atoms with Crippen LogP contribution >= 0.6 is 0 Å². The topological polar surface area (TPSA) is 99.3 Å². The lowest BCUT2D eigenvalue weighted by Gasteiger charge is -2.02. The molecule has 0 bridgehead atoms. The number of Topliss-reactive ketones (excluding diaryl/α,β-unsaturated/α-hetero) is 1. The number of carbonyl (C=O) groups excluding carboxylic acids is 2. The first-order chi connectivity index (χ1) is 10.7. The first-order valence-electron chi connectivity index (χ1n) is 7.37. The maximum atomic E-state index is 11.9. The standard InChI is InChI=1S/C17H20N2O4/c1-8-12(5-6-15(21)22)10(3)18-13(8)7-14-9(2)16(11(4)20)17(23)19-14/h7,18H,5-6H2,1-4H3,(H,19,23)(H,21,22)/b14-7-. The third-order valence-corrected chi connectivity index (χ3v) is 4.12. The minimum atomic E-state index is -0.835. The fraction of sp³-hybridized carbons (Fsp3) is 0.353. The molecule has 0 aromatic carbocycles. The van der Waals surface area contributed by atoms with E-state index in [1.54, 1.807) is 13.0 Å². The van der Waals surface area contributed by atoms with Crippen LogP contribution in [-0.4, -0.2) is 27.8 Å². The molecule has 0 atom stereocenters. The third kappa shape index (κ3) is 3.26. The summed E-state index contributed by atoms with van der Waals surface area (Å²) < 4.78 is 0. The Morgan fingerprint density at radius 1 is 1.22 bits per heavy atom. The molecular weight excluding hydrogens is 296 g/mol. The normalized spacial score (nSPS) is 16.2. The number of aromatic nitrogens is 1. The number of aliphatic carboxylic acids is 1. The molecule has 1 aromatic rings. The number of H-pyrrole nitrogens is 1. The first-order valence-corrected chi connectivity index (χ1v) is 7.37. The molecule has 0 fully saturated rings. The Labute approximate surface area is 134 Å². The molecule has 0 unspecified atom stereocenters. The molecular formula is C17H20N2O4. The van der Waals surface area contributed by atoms with Crippen molar-refractivity contribution in [3.8, 4) is 0 Å². The van der Waals surface area contributed by atoms with Gasteiger partial charge in [0.05, 0.1) is 5.57 Å². The van der Waals surface area contributed by atoms with E-state index in [9.17, 15) is 14.4 Å². The fourth-order valence-corrected chi connectivity index (χ4v) is 2.86. The van der Waals surface area contributed by atoms with Crippen molar-refractivity contribution >= 4 is 23.7 Å². The van der Waals surface area contributed by atoms with Gasteiger partial charge in [0.2, 0.25) is 0 Å². The lowest BCUT2D eigenvalue weighted by molar-refractivity contribution is -0.137. The number of aryl methyl sites for hydroxylation is 1. The number of aromatic amines is 1. The van der Waals surface area contributed by atoms with Crippen molar-refractivity contribution in [2.24, 2.45) is 0 Å². The Morgan fingerprint density at radius 2 is 1.87 bits per heavy atom. The predicted molar refractivity (Wildman–Crippen MR) is 85.7 cm³/mol. The van der Waals surface area contributed by atoms with Crippen LogP contribution in [0.2, 0.25) is 0 Å². The number of carboxylic acids is 1. The van der Waals surface area contributed by atoms with Gasteiger partial charge < -0.3 is 15.4 Å². The fourth-order valence-electron chi connectivity index (χ4n) is 2.86. The van der Waals surface area contributed by atoms with Crippen LogP contribution in [-0.2, 0) is 20.8 Å². The summed E-state index contributed by atoms with van der Waals surface area (Å²) in [7, 11) is 0. The average molecular weight is 316 g/mol. The van der Waals surface area contributed by atoms with E-state index in [-0.39, 0.29) is 23.7 Å². The van der Waals surface area contributed by atoms with Crippen LogP contribution in [0, 0.1) is 13.8 Å². The molecule has 2 rings (SSSR count). The van der Waals surface area contributed by atoms with E-state index in [2.05, 4.69) is 10.3 Å². The predicted octanol–water partition coefficient (Wildman–Crippen LogP) is 2.02. The Kier molecular flexibility index (Phi) is 4.54. The zero-order valence-corrected chi connectivity index (χ0v) is 13.7. The molecule has 2 heterocycles. The van der Waals surface area contributed by atoms with E-state index in [0.29, 0.717) is 17.7 Å². The van der Waals surface area contributed by atoms with Gasteiger partial charge in [-0.15, -0.1) is 0 Å². The summed E-state index contributed by atoms with van der Waals surface area (Å²) in [5.41, 5.74) is 5.04. The maximum Gasteiger partial charge on any atom is 0.303 e. The molecule has 23 heavy (non-hydrogen) atoms. The van der Waals surface area contributed by atoms with Gasteiger partial charge in [0.25, 0.3) is 5.91 Å². The second-order valence-electron chi connectivity index (χ2n) is 5.73. The van der Waals surface area contributed by atoms with E-state index in [0.717, 1.165) is 22.5 Å². The lowest BCUT2D eigenvalue weighted by Crippen LogP contribution is -2.19. The number of carboxylic acid groups (broad SMARTS) is 1. The highest BCUT2D eigenvalue weighted by Gasteiger charge is 2.27. The van der Waals surface area contributed by atoms with E-state index in [1.807, 2.05) is 13.8 Å². The Morgan fingerprint density at radius 3 is 2.39 bits per heavy atom. The van der Waals surface area contributed by atoms with Crippen LogP contribution in [0.4, 0.5) is 0 Å². The van der Waals surface area contributed by atoms with Crippen LogP contribution in [0.3, 0.4) is 0 Å². The molecule has 1 amide bonds. The largest absolute Gasteiger partial charge is 0.481 e. The van der Waals surface area contributed by atoms with Crippen LogP contribution in [0.25, 0.3) is 6.08 Å². The SMILES string of the molecule is CC(=O)C1=C(C)/C(=C/c2[nH]c(C)c(CCC(=O)O)c2C)NC1=O. The van der Waals surface area contributed by atoms with Gasteiger partial charge >= 0.3 is 5.97 Å². The number of carbonyl (C=O) groups is 3. The summed E-state index contributed by atoms with van der Waals surface area (Å²) >= 11 is 0. The van der Waals surface area contributed by atoms with Crippen LogP contribution in [0.15, 0.2) is 16.8 Å². The highest BCUT2D eigenvalue weighted by atomic mass is 16.4. The molecule has 0 saturated carbocycles. The van der Waals surface area contributed by atoms with Crippen molar-refractivity contribution < 1.29 is 19.5 Å². The van der Waals surface area contributed by atoms with E-state index >= 15 is 0 Å². The monoisotopic (exact) mass is 316 g/mol. The molecule has 1 aliphatic rings. The van der Waals surface area contributed by atoms with Crippen molar-refractivity contribution in [3.63, 3.8) is 0 Å². The highest BCUT2D eigenvalue weighted by Crippen LogP contribution is 2.26. The van der Waals surface area contributed by atoms with Crippen LogP contribution < -0.4 is 5.32 Å². The number of hydrogen-bond donors (Lipinski definition) is 3. The van der Waals surface area contributed by atoms with Gasteiger partial charge in [0, 0.05) is 23.5 Å². The number of allylic oxidation sites excluding steroid dienone is 1. The zero-order chi connectivity index (χ0) is 17.3. The molecule has 0 spiro atoms. The summed E-state index contributed by atoms with van der Waals surface area (Å²) in [4.78, 5) is 37.4. The van der Waals surface area contributed by atoms with E-state index < -0.39 is 5.97 Å². The van der Waals surface area contributed by atoms with Crippen molar-refractivity contribution in [3.05, 3.63) is 39.4 Å². The molecule has 0 aliphatic carbocycles. The van der Waals surface area contributed by atoms with Crippen molar-refractivity contribution in [1.82, 2.24) is 10.3 Å². The second kappa shape index (κ2) is 6.24. The minimum absolute atomic E-state index is 0.0691. The zero-order valence-electron chi connectivity index (χ0n) is 13.7. The third-order valence-electron chi connectivity index (χ3n) is 4.12. The second-order valence-corrected chi connectivity index (χ2v) is 5.73. The molecule has 6 heteroatoms. The Balaban J connectivity index is 2.38. The van der Waals surface area contributed by atoms with Gasteiger partial charge in [-0.05, 0) is 56.9 Å². The number of rotatable bonds is 5. The molecule has 3 N–H and O–H groups in total. The Bertz CT molecular complexity index is 766. The molecule has 0 radical (unpaired) electrons. The number of amides is 1. The summed E-state index contributed by atoms with van der Waals surface area (Å²) in [6.07, 6.45) is 2.31.